The SMILES string of the molecule is CC(C)[C@@H](N)c1nc(C2CCc3ccccc32)no1. The van der Waals surface area contributed by atoms with E-state index in [2.05, 4.69) is 48.3 Å². The minimum Gasteiger partial charge on any atom is -0.338 e. The lowest BCUT2D eigenvalue weighted by molar-refractivity contribution is 0.321. The highest BCUT2D eigenvalue weighted by atomic mass is 16.5. The van der Waals surface area contributed by atoms with Gasteiger partial charge in [0.25, 0.3) is 0 Å². The molecule has 0 spiro atoms. The molecule has 2 aromatic rings. The van der Waals surface area contributed by atoms with Gasteiger partial charge in [-0.1, -0.05) is 43.3 Å². The number of hydrogen-bond donors (Lipinski definition) is 1. The Balaban J connectivity index is 1.89. The van der Waals surface area contributed by atoms with Crippen molar-refractivity contribution in [3.05, 3.63) is 47.1 Å². The van der Waals surface area contributed by atoms with Crippen molar-refractivity contribution in [3.8, 4) is 0 Å². The topological polar surface area (TPSA) is 64.9 Å². The third-order valence-corrected chi connectivity index (χ3v) is 3.91. The molecular formula is C15H19N3O. The van der Waals surface area contributed by atoms with Gasteiger partial charge in [0, 0.05) is 5.92 Å². The van der Waals surface area contributed by atoms with Gasteiger partial charge in [0.05, 0.1) is 6.04 Å². The molecule has 1 aromatic heterocycles. The fourth-order valence-corrected chi connectivity index (χ4v) is 2.63. The molecule has 3 rings (SSSR count). The Hall–Kier alpha value is -1.68. The molecule has 4 heteroatoms. The summed E-state index contributed by atoms with van der Waals surface area (Å²) in [5, 5.41) is 4.13. The predicted molar refractivity (Wildman–Crippen MR) is 72.7 cm³/mol. The van der Waals surface area contributed by atoms with Gasteiger partial charge in [-0.2, -0.15) is 4.98 Å². The van der Waals surface area contributed by atoms with Crippen molar-refractivity contribution < 1.29 is 4.52 Å². The smallest absolute Gasteiger partial charge is 0.243 e. The van der Waals surface area contributed by atoms with Gasteiger partial charge in [-0.05, 0) is 29.9 Å². The second-order valence-electron chi connectivity index (χ2n) is 5.55. The second-order valence-corrected chi connectivity index (χ2v) is 5.55. The van der Waals surface area contributed by atoms with E-state index >= 15 is 0 Å². The van der Waals surface area contributed by atoms with Gasteiger partial charge in [0.1, 0.15) is 0 Å². The first kappa shape index (κ1) is 12.4. The summed E-state index contributed by atoms with van der Waals surface area (Å²) >= 11 is 0. The molecule has 0 fully saturated rings. The van der Waals surface area contributed by atoms with E-state index in [1.807, 2.05) is 0 Å². The molecule has 2 N–H and O–H groups in total. The molecule has 0 bridgehead atoms. The first-order valence-corrected chi connectivity index (χ1v) is 6.83. The molecule has 0 amide bonds. The van der Waals surface area contributed by atoms with Gasteiger partial charge in [-0.15, -0.1) is 0 Å². The van der Waals surface area contributed by atoms with Crippen LogP contribution in [0.15, 0.2) is 28.8 Å². The van der Waals surface area contributed by atoms with Crippen LogP contribution >= 0.6 is 0 Å². The maximum Gasteiger partial charge on any atom is 0.243 e. The first-order valence-electron chi connectivity index (χ1n) is 6.83. The monoisotopic (exact) mass is 257 g/mol. The Morgan fingerprint density at radius 3 is 2.89 bits per heavy atom. The third-order valence-electron chi connectivity index (χ3n) is 3.91. The van der Waals surface area contributed by atoms with Crippen molar-refractivity contribution in [1.29, 1.82) is 0 Å². The van der Waals surface area contributed by atoms with E-state index in [1.54, 1.807) is 0 Å². The van der Waals surface area contributed by atoms with Gasteiger partial charge >= 0.3 is 0 Å². The van der Waals surface area contributed by atoms with Crippen molar-refractivity contribution in [2.75, 3.05) is 0 Å². The van der Waals surface area contributed by atoms with Gasteiger partial charge in [0.2, 0.25) is 5.89 Å². The molecule has 0 aliphatic heterocycles. The molecule has 2 atom stereocenters. The number of hydrogen-bond acceptors (Lipinski definition) is 4. The number of aromatic nitrogens is 2. The van der Waals surface area contributed by atoms with Crippen molar-refractivity contribution in [3.63, 3.8) is 0 Å². The Morgan fingerprint density at radius 1 is 1.32 bits per heavy atom. The molecule has 0 saturated carbocycles. The highest BCUT2D eigenvalue weighted by Crippen LogP contribution is 2.36. The maximum atomic E-state index is 6.05. The van der Waals surface area contributed by atoms with Crippen molar-refractivity contribution in [2.24, 2.45) is 11.7 Å². The third kappa shape index (κ3) is 2.16. The zero-order valence-electron chi connectivity index (χ0n) is 11.3. The Bertz CT molecular complexity index is 576. The fraction of sp³-hybridized carbons (Fsp3) is 0.467. The molecule has 1 unspecified atom stereocenters. The first-order chi connectivity index (χ1) is 9.16. The van der Waals surface area contributed by atoms with Crippen LogP contribution in [0.2, 0.25) is 0 Å². The number of aryl methyl sites for hydroxylation is 1. The number of benzene rings is 1. The second kappa shape index (κ2) is 4.78. The molecule has 4 nitrogen and oxygen atoms in total. The molecule has 1 aliphatic rings. The summed E-state index contributed by atoms with van der Waals surface area (Å²) in [7, 11) is 0. The minimum atomic E-state index is -0.183. The van der Waals surface area contributed by atoms with Crippen molar-refractivity contribution in [2.45, 2.75) is 38.6 Å². The molecule has 0 radical (unpaired) electrons. The average Bonchev–Trinajstić information content (AvgIpc) is 3.03. The zero-order valence-corrected chi connectivity index (χ0v) is 11.3. The van der Waals surface area contributed by atoms with Crippen LogP contribution in [-0.4, -0.2) is 10.1 Å². The van der Waals surface area contributed by atoms with Crippen molar-refractivity contribution in [1.82, 2.24) is 10.1 Å². The Kier molecular flexibility index (Phi) is 3.11. The quantitative estimate of drug-likeness (QED) is 0.918. The highest BCUT2D eigenvalue weighted by molar-refractivity contribution is 5.38. The summed E-state index contributed by atoms with van der Waals surface area (Å²) in [6.07, 6.45) is 2.14. The summed E-state index contributed by atoms with van der Waals surface area (Å²) in [4.78, 5) is 4.51. The summed E-state index contributed by atoms with van der Waals surface area (Å²) < 4.78 is 5.33. The van der Waals surface area contributed by atoms with E-state index in [0.29, 0.717) is 11.8 Å². The molecular weight excluding hydrogens is 238 g/mol. The van der Waals surface area contributed by atoms with Gasteiger partial charge in [0.15, 0.2) is 5.82 Å². The minimum absolute atomic E-state index is 0.183. The van der Waals surface area contributed by atoms with E-state index in [4.69, 9.17) is 10.3 Å². The van der Waals surface area contributed by atoms with E-state index in [1.165, 1.54) is 11.1 Å². The molecule has 1 heterocycles. The molecule has 1 aliphatic carbocycles. The molecule has 19 heavy (non-hydrogen) atoms. The lowest BCUT2D eigenvalue weighted by Gasteiger charge is -2.09. The molecule has 1 aromatic carbocycles. The Morgan fingerprint density at radius 2 is 2.11 bits per heavy atom. The van der Waals surface area contributed by atoms with Gasteiger partial charge in [-0.3, -0.25) is 0 Å². The summed E-state index contributed by atoms with van der Waals surface area (Å²) in [6.45, 7) is 4.11. The number of fused-ring (bicyclic) bond motifs is 1. The number of rotatable bonds is 3. The Labute approximate surface area is 113 Å². The van der Waals surface area contributed by atoms with Crippen LogP contribution in [0, 0.1) is 5.92 Å². The van der Waals surface area contributed by atoms with E-state index < -0.39 is 0 Å². The van der Waals surface area contributed by atoms with E-state index in [9.17, 15) is 0 Å². The van der Waals surface area contributed by atoms with Crippen LogP contribution in [0.4, 0.5) is 0 Å². The van der Waals surface area contributed by atoms with Crippen molar-refractivity contribution >= 4 is 0 Å². The zero-order chi connectivity index (χ0) is 13.4. The number of nitrogens with two attached hydrogens (primary N) is 1. The summed E-state index contributed by atoms with van der Waals surface area (Å²) in [5.41, 5.74) is 8.77. The van der Waals surface area contributed by atoms with Crippen LogP contribution < -0.4 is 5.73 Å². The summed E-state index contributed by atoms with van der Waals surface area (Å²) in [6, 6.07) is 8.30. The maximum absolute atomic E-state index is 6.05. The van der Waals surface area contributed by atoms with Crippen LogP contribution in [0.5, 0.6) is 0 Å². The number of nitrogens with zero attached hydrogens (tertiary/aromatic N) is 2. The van der Waals surface area contributed by atoms with Gasteiger partial charge < -0.3 is 10.3 Å². The summed E-state index contributed by atoms with van der Waals surface area (Å²) in [5.74, 6) is 1.88. The van der Waals surface area contributed by atoms with Gasteiger partial charge in [-0.25, -0.2) is 0 Å². The molecule has 100 valence electrons. The van der Waals surface area contributed by atoms with Crippen LogP contribution in [0.25, 0.3) is 0 Å². The lowest BCUT2D eigenvalue weighted by Crippen LogP contribution is -2.17. The standard InChI is InChI=1S/C15H19N3O/c1-9(2)13(16)15-17-14(18-19-15)12-8-7-10-5-3-4-6-11(10)12/h3-6,9,12-13H,7-8,16H2,1-2H3/t12?,13-/m1/s1. The van der Waals surface area contributed by atoms with Crippen LogP contribution in [0.3, 0.4) is 0 Å². The fourth-order valence-electron chi connectivity index (χ4n) is 2.63. The van der Waals surface area contributed by atoms with Crippen LogP contribution in [-0.2, 0) is 6.42 Å². The normalized spacial score (nSPS) is 19.7. The highest BCUT2D eigenvalue weighted by Gasteiger charge is 2.28. The predicted octanol–water partition coefficient (Wildman–Crippen LogP) is 2.80. The largest absolute Gasteiger partial charge is 0.338 e. The molecule has 0 saturated heterocycles. The average molecular weight is 257 g/mol. The van der Waals surface area contributed by atoms with E-state index in [0.717, 1.165) is 18.7 Å². The lowest BCUT2D eigenvalue weighted by atomic mass is 10.0. The van der Waals surface area contributed by atoms with E-state index in [-0.39, 0.29) is 12.0 Å². The van der Waals surface area contributed by atoms with Crippen LogP contribution in [0.1, 0.15) is 55.1 Å².